The second kappa shape index (κ2) is 9.71. The number of hydrogen-bond donors (Lipinski definition) is 2. The topological polar surface area (TPSA) is 95.7 Å². The Bertz CT molecular complexity index is 871. The SMILES string of the molecule is Cl.NCCC(=O)N1CCN(c2ccc(C(F)(F)F)cc2/C=C2/SC(=O)NC2=O)CC1. The van der Waals surface area contributed by atoms with Crippen LogP contribution in [0.3, 0.4) is 0 Å². The summed E-state index contributed by atoms with van der Waals surface area (Å²) in [5.74, 6) is -0.694. The first-order valence-electron chi connectivity index (χ1n) is 8.88. The second-order valence-corrected chi connectivity index (χ2v) is 7.54. The van der Waals surface area contributed by atoms with Gasteiger partial charge in [-0.15, -0.1) is 12.4 Å². The van der Waals surface area contributed by atoms with Crippen LogP contribution in [-0.4, -0.2) is 54.7 Å². The Kier molecular flexibility index (Phi) is 7.78. The van der Waals surface area contributed by atoms with E-state index in [2.05, 4.69) is 5.32 Å². The summed E-state index contributed by atoms with van der Waals surface area (Å²) in [4.78, 5) is 38.7. The smallest absolute Gasteiger partial charge is 0.367 e. The Morgan fingerprint density at radius 1 is 1.20 bits per heavy atom. The number of piperazine rings is 1. The number of nitrogens with zero attached hydrogens (tertiary/aromatic N) is 2. The highest BCUT2D eigenvalue weighted by atomic mass is 35.5. The van der Waals surface area contributed by atoms with E-state index in [1.165, 1.54) is 12.1 Å². The van der Waals surface area contributed by atoms with Crippen LogP contribution < -0.4 is 16.0 Å². The normalized spacial score (nSPS) is 18.5. The third-order valence-corrected chi connectivity index (χ3v) is 5.43. The van der Waals surface area contributed by atoms with Gasteiger partial charge in [0.1, 0.15) is 0 Å². The van der Waals surface area contributed by atoms with Gasteiger partial charge < -0.3 is 15.5 Å². The zero-order valence-corrected chi connectivity index (χ0v) is 17.3. The summed E-state index contributed by atoms with van der Waals surface area (Å²) >= 11 is 0.644. The lowest BCUT2D eigenvalue weighted by atomic mass is 10.1. The fourth-order valence-electron chi connectivity index (χ4n) is 3.18. The third-order valence-electron chi connectivity index (χ3n) is 4.61. The Labute approximate surface area is 181 Å². The number of carbonyl (C=O) groups is 3. The van der Waals surface area contributed by atoms with Crippen molar-refractivity contribution in [2.24, 2.45) is 5.73 Å². The molecule has 0 bridgehead atoms. The van der Waals surface area contributed by atoms with Gasteiger partial charge in [0, 0.05) is 44.8 Å². The Hall–Kier alpha value is -2.24. The minimum absolute atomic E-state index is 0. The molecule has 2 fully saturated rings. The van der Waals surface area contributed by atoms with Crippen molar-refractivity contribution in [3.05, 3.63) is 34.2 Å². The molecule has 0 aliphatic carbocycles. The Morgan fingerprint density at radius 2 is 1.87 bits per heavy atom. The quantitative estimate of drug-likeness (QED) is 0.664. The van der Waals surface area contributed by atoms with Gasteiger partial charge >= 0.3 is 6.18 Å². The molecule has 1 aromatic carbocycles. The maximum atomic E-state index is 13.2. The maximum Gasteiger partial charge on any atom is 0.416 e. The van der Waals surface area contributed by atoms with Crippen LogP contribution in [0.4, 0.5) is 23.7 Å². The first kappa shape index (κ1) is 24.0. The van der Waals surface area contributed by atoms with Gasteiger partial charge in [0.15, 0.2) is 0 Å². The van der Waals surface area contributed by atoms with Crippen molar-refractivity contribution in [1.29, 1.82) is 0 Å². The van der Waals surface area contributed by atoms with Gasteiger partial charge in [-0.25, -0.2) is 0 Å². The predicted octanol–water partition coefficient (Wildman–Crippen LogP) is 2.45. The second-order valence-electron chi connectivity index (χ2n) is 6.53. The number of benzene rings is 1. The minimum Gasteiger partial charge on any atom is -0.367 e. The first-order chi connectivity index (χ1) is 13.7. The highest BCUT2D eigenvalue weighted by Crippen LogP contribution is 2.36. The van der Waals surface area contributed by atoms with Crippen LogP contribution in [0.2, 0.25) is 0 Å². The van der Waals surface area contributed by atoms with Crippen molar-refractivity contribution >= 4 is 53.0 Å². The number of nitrogens with one attached hydrogen (secondary N) is 1. The minimum atomic E-state index is -4.54. The Balaban J connectivity index is 0.00000320. The fraction of sp³-hybridized carbons (Fsp3) is 0.389. The van der Waals surface area contributed by atoms with E-state index in [1.54, 1.807) is 4.90 Å². The van der Waals surface area contributed by atoms with Gasteiger partial charge in [0.05, 0.1) is 10.5 Å². The molecule has 3 rings (SSSR count). The fourth-order valence-corrected chi connectivity index (χ4v) is 3.85. The van der Waals surface area contributed by atoms with Gasteiger partial charge in [-0.2, -0.15) is 13.2 Å². The monoisotopic (exact) mass is 464 g/mol. The molecule has 0 atom stereocenters. The molecule has 0 aromatic heterocycles. The number of amides is 3. The number of thioether (sulfide) groups is 1. The van der Waals surface area contributed by atoms with Crippen LogP contribution in [0.5, 0.6) is 0 Å². The zero-order valence-electron chi connectivity index (χ0n) is 15.7. The number of nitrogens with two attached hydrogens (primary N) is 1. The van der Waals surface area contributed by atoms with Crippen LogP contribution in [0, 0.1) is 0 Å². The number of carbonyl (C=O) groups excluding carboxylic acids is 3. The number of rotatable bonds is 4. The third kappa shape index (κ3) is 5.46. The molecule has 7 nitrogen and oxygen atoms in total. The predicted molar refractivity (Wildman–Crippen MR) is 110 cm³/mol. The van der Waals surface area contributed by atoms with E-state index in [9.17, 15) is 27.6 Å². The lowest BCUT2D eigenvalue weighted by Crippen LogP contribution is -2.49. The molecule has 2 saturated heterocycles. The van der Waals surface area contributed by atoms with E-state index in [4.69, 9.17) is 5.73 Å². The van der Waals surface area contributed by atoms with Gasteiger partial charge in [0.25, 0.3) is 11.1 Å². The number of anilines is 1. The summed E-state index contributed by atoms with van der Waals surface area (Å²) in [6, 6.07) is 3.30. The molecule has 0 saturated carbocycles. The number of halogens is 4. The maximum absolute atomic E-state index is 13.2. The van der Waals surface area contributed by atoms with Crippen LogP contribution >= 0.6 is 24.2 Å². The largest absolute Gasteiger partial charge is 0.416 e. The van der Waals surface area contributed by atoms with E-state index in [-0.39, 0.29) is 41.7 Å². The molecule has 164 valence electrons. The summed E-state index contributed by atoms with van der Waals surface area (Å²) in [6.45, 7) is 1.95. The lowest BCUT2D eigenvalue weighted by Gasteiger charge is -2.37. The standard InChI is InChI=1S/C18H19F3N4O3S.ClH/c19-18(20,21)12-1-2-13(11(9-12)10-14-16(27)23-17(28)29-14)24-5-7-25(8-6-24)15(26)3-4-22;/h1-2,9-10H,3-8,22H2,(H,23,27,28);1H/b14-10+;. The van der Waals surface area contributed by atoms with E-state index in [1.807, 2.05) is 4.90 Å². The zero-order chi connectivity index (χ0) is 21.2. The summed E-state index contributed by atoms with van der Waals surface area (Å²) in [5.41, 5.74) is 5.25. The van der Waals surface area contributed by atoms with Gasteiger partial charge in [-0.1, -0.05) is 0 Å². The molecule has 2 aliphatic rings. The Morgan fingerprint density at radius 3 is 2.40 bits per heavy atom. The highest BCUT2D eigenvalue weighted by Gasteiger charge is 2.32. The molecule has 3 N–H and O–H groups in total. The van der Waals surface area contributed by atoms with Crippen LogP contribution in [0.1, 0.15) is 17.5 Å². The number of hydrogen-bond acceptors (Lipinski definition) is 6. The van der Waals surface area contributed by atoms with Crippen molar-refractivity contribution < 1.29 is 27.6 Å². The summed E-state index contributed by atoms with van der Waals surface area (Å²) in [7, 11) is 0. The molecular formula is C18H20ClF3N4O3S. The van der Waals surface area contributed by atoms with Crippen molar-refractivity contribution in [3.8, 4) is 0 Å². The molecule has 0 spiro atoms. The summed E-state index contributed by atoms with van der Waals surface area (Å²) < 4.78 is 39.5. The van der Waals surface area contributed by atoms with Gasteiger partial charge in [0.2, 0.25) is 5.91 Å². The average Bonchev–Trinajstić information content (AvgIpc) is 2.98. The number of alkyl halides is 3. The molecule has 0 radical (unpaired) electrons. The van der Waals surface area contributed by atoms with E-state index in [0.717, 1.165) is 12.1 Å². The molecule has 3 amide bonds. The van der Waals surface area contributed by atoms with E-state index < -0.39 is 22.9 Å². The van der Waals surface area contributed by atoms with Gasteiger partial charge in [-0.3, -0.25) is 19.7 Å². The van der Waals surface area contributed by atoms with Crippen LogP contribution in [0.25, 0.3) is 6.08 Å². The van der Waals surface area contributed by atoms with E-state index >= 15 is 0 Å². The van der Waals surface area contributed by atoms with Crippen LogP contribution in [0.15, 0.2) is 23.1 Å². The van der Waals surface area contributed by atoms with Crippen molar-refractivity contribution in [3.63, 3.8) is 0 Å². The van der Waals surface area contributed by atoms with E-state index in [0.29, 0.717) is 43.6 Å². The molecule has 0 unspecified atom stereocenters. The van der Waals surface area contributed by atoms with Crippen molar-refractivity contribution in [2.45, 2.75) is 12.6 Å². The van der Waals surface area contributed by atoms with Gasteiger partial charge in [-0.05, 0) is 41.6 Å². The van der Waals surface area contributed by atoms with Crippen molar-refractivity contribution in [1.82, 2.24) is 10.2 Å². The lowest BCUT2D eigenvalue weighted by molar-refractivity contribution is -0.137. The molecule has 12 heteroatoms. The molecule has 1 aromatic rings. The molecule has 30 heavy (non-hydrogen) atoms. The molecule has 2 aliphatic heterocycles. The van der Waals surface area contributed by atoms with Crippen LogP contribution in [-0.2, 0) is 15.8 Å². The first-order valence-corrected chi connectivity index (χ1v) is 9.69. The summed E-state index contributed by atoms with van der Waals surface area (Å²) in [5, 5.41) is 1.52. The number of imide groups is 1. The molecular weight excluding hydrogens is 445 g/mol. The van der Waals surface area contributed by atoms with Crippen molar-refractivity contribution in [2.75, 3.05) is 37.6 Å². The summed E-state index contributed by atoms with van der Waals surface area (Å²) in [6.07, 6.45) is -3.00. The molecule has 2 heterocycles. The average molecular weight is 465 g/mol. The highest BCUT2D eigenvalue weighted by molar-refractivity contribution is 8.18.